The van der Waals surface area contributed by atoms with Crippen LogP contribution in [0.2, 0.25) is 0 Å². The quantitative estimate of drug-likeness (QED) is 0.908. The maximum Gasteiger partial charge on any atom is 0.253 e. The molecule has 0 atom stereocenters. The van der Waals surface area contributed by atoms with Crippen LogP contribution in [-0.4, -0.2) is 35.5 Å². The van der Waals surface area contributed by atoms with Crippen molar-refractivity contribution < 1.29 is 9.63 Å². The van der Waals surface area contributed by atoms with Crippen molar-refractivity contribution in [3.05, 3.63) is 70.8 Å². The molecule has 140 valence electrons. The molecule has 2 aromatic rings. The number of hydroxylamine groups is 1. The molecule has 1 fully saturated rings. The Hall–Kier alpha value is -2.66. The molecule has 1 spiro atoms. The zero-order valence-corrected chi connectivity index (χ0v) is 15.9. The second-order valence-corrected chi connectivity index (χ2v) is 7.32. The third-order valence-electron chi connectivity index (χ3n) is 5.42. The zero-order valence-electron chi connectivity index (χ0n) is 15.9. The van der Waals surface area contributed by atoms with Gasteiger partial charge in [0.1, 0.15) is 0 Å². The van der Waals surface area contributed by atoms with Crippen LogP contribution in [0, 0.1) is 6.92 Å². The number of nitrogens with one attached hydrogen (secondary N) is 1. The number of carbonyl (C=O) groups excluding carboxylic acids is 1. The summed E-state index contributed by atoms with van der Waals surface area (Å²) in [6.07, 6.45) is 2.36. The summed E-state index contributed by atoms with van der Waals surface area (Å²) < 4.78 is 0. The highest BCUT2D eigenvalue weighted by atomic mass is 16.7. The third-order valence-corrected chi connectivity index (χ3v) is 5.42. The highest BCUT2D eigenvalue weighted by molar-refractivity contribution is 5.99. The molecule has 1 amide bonds. The summed E-state index contributed by atoms with van der Waals surface area (Å²) in [6.45, 7) is 5.46. The molecule has 2 heterocycles. The van der Waals surface area contributed by atoms with Gasteiger partial charge in [-0.25, -0.2) is 15.3 Å². The molecule has 1 N–H and O–H groups in total. The highest BCUT2D eigenvalue weighted by Crippen LogP contribution is 2.31. The fraction of sp³-hybridized carbons (Fsp3) is 0.364. The number of carbonyl (C=O) groups is 1. The van der Waals surface area contributed by atoms with E-state index in [0.29, 0.717) is 25.9 Å². The number of benzene rings is 2. The van der Waals surface area contributed by atoms with Crippen LogP contribution in [0.3, 0.4) is 0 Å². The van der Waals surface area contributed by atoms with Crippen LogP contribution in [0.15, 0.2) is 53.5 Å². The minimum Gasteiger partial charge on any atom is -0.338 e. The van der Waals surface area contributed by atoms with Crippen LogP contribution in [-0.2, 0) is 11.3 Å². The zero-order chi connectivity index (χ0) is 18.9. The normalized spacial score (nSPS) is 18.3. The second kappa shape index (κ2) is 7.16. The lowest BCUT2D eigenvalue weighted by molar-refractivity contribution is -0.0849. The Balaban J connectivity index is 1.42. The average Bonchev–Trinajstić information content (AvgIpc) is 3.12. The Morgan fingerprint density at radius 3 is 2.41 bits per heavy atom. The van der Waals surface area contributed by atoms with Crippen molar-refractivity contribution >= 4 is 11.7 Å². The average molecular weight is 363 g/mol. The van der Waals surface area contributed by atoms with Crippen molar-refractivity contribution in [2.24, 2.45) is 4.99 Å². The van der Waals surface area contributed by atoms with Gasteiger partial charge in [0, 0.05) is 37.1 Å². The Morgan fingerprint density at radius 2 is 1.78 bits per heavy atom. The maximum absolute atomic E-state index is 12.8. The van der Waals surface area contributed by atoms with Gasteiger partial charge in [0.2, 0.25) is 0 Å². The molecular weight excluding hydrogens is 338 g/mol. The van der Waals surface area contributed by atoms with E-state index in [2.05, 4.69) is 31.5 Å². The molecule has 2 aromatic carbocycles. The van der Waals surface area contributed by atoms with Crippen molar-refractivity contribution in [2.45, 2.75) is 38.8 Å². The molecule has 0 aromatic heterocycles. The molecule has 2 aliphatic heterocycles. The first kappa shape index (κ1) is 17.7. The standard InChI is InChI=1S/C22H25N3O2/c1-3-17-6-10-19(11-7-17)21(26)25-14-12-22(13-15-25)23-20(24-27-22)18-8-4-16(2)5-9-18/h4-11H,3,12-15H2,1-2H3,(H,23,24). The van der Waals surface area contributed by atoms with Gasteiger partial charge in [-0.05, 0) is 31.0 Å². The number of aliphatic imine (C=N–C) groups is 1. The Labute approximate surface area is 160 Å². The van der Waals surface area contributed by atoms with E-state index in [0.717, 1.165) is 23.4 Å². The number of amides is 1. The molecule has 0 bridgehead atoms. The van der Waals surface area contributed by atoms with Gasteiger partial charge in [-0.3, -0.25) is 4.79 Å². The number of aryl methyl sites for hydroxylation is 2. The number of piperidine rings is 1. The number of nitrogens with zero attached hydrogens (tertiary/aromatic N) is 2. The smallest absolute Gasteiger partial charge is 0.253 e. The van der Waals surface area contributed by atoms with E-state index >= 15 is 0 Å². The largest absolute Gasteiger partial charge is 0.338 e. The predicted molar refractivity (Wildman–Crippen MR) is 106 cm³/mol. The summed E-state index contributed by atoms with van der Waals surface area (Å²) in [4.78, 5) is 25.3. The molecule has 0 aliphatic carbocycles. The van der Waals surface area contributed by atoms with Crippen LogP contribution in [0.5, 0.6) is 0 Å². The lowest BCUT2D eigenvalue weighted by Gasteiger charge is -2.35. The van der Waals surface area contributed by atoms with E-state index < -0.39 is 5.72 Å². The molecule has 5 nitrogen and oxygen atoms in total. The van der Waals surface area contributed by atoms with Crippen LogP contribution in [0.1, 0.15) is 46.8 Å². The Morgan fingerprint density at radius 1 is 1.11 bits per heavy atom. The van der Waals surface area contributed by atoms with E-state index in [1.807, 2.05) is 41.3 Å². The first-order valence-corrected chi connectivity index (χ1v) is 9.58. The van der Waals surface area contributed by atoms with Crippen LogP contribution in [0.4, 0.5) is 0 Å². The lowest BCUT2D eigenvalue weighted by atomic mass is 10.00. The Bertz CT molecular complexity index is 848. The SMILES string of the molecule is CCc1ccc(C(=O)N2CCC3(CC2)N=C(c2ccc(C)cc2)NO3)cc1. The molecule has 4 rings (SSSR count). The van der Waals surface area contributed by atoms with Crippen LogP contribution in [0.25, 0.3) is 0 Å². The van der Waals surface area contributed by atoms with Gasteiger partial charge in [-0.2, -0.15) is 0 Å². The summed E-state index contributed by atoms with van der Waals surface area (Å²) in [6, 6.07) is 16.1. The highest BCUT2D eigenvalue weighted by Gasteiger charge is 2.41. The molecule has 0 unspecified atom stereocenters. The van der Waals surface area contributed by atoms with E-state index in [9.17, 15) is 4.79 Å². The van der Waals surface area contributed by atoms with Gasteiger partial charge in [0.25, 0.3) is 5.91 Å². The molecule has 5 heteroatoms. The van der Waals surface area contributed by atoms with Crippen molar-refractivity contribution in [2.75, 3.05) is 13.1 Å². The maximum atomic E-state index is 12.8. The van der Waals surface area contributed by atoms with Crippen molar-refractivity contribution in [3.63, 3.8) is 0 Å². The molecule has 0 radical (unpaired) electrons. The monoisotopic (exact) mass is 363 g/mol. The number of hydrogen-bond donors (Lipinski definition) is 1. The number of hydrogen-bond acceptors (Lipinski definition) is 4. The van der Waals surface area contributed by atoms with Crippen molar-refractivity contribution in [3.8, 4) is 0 Å². The topological polar surface area (TPSA) is 53.9 Å². The first-order valence-electron chi connectivity index (χ1n) is 9.58. The minimum absolute atomic E-state index is 0.0844. The van der Waals surface area contributed by atoms with E-state index in [1.165, 1.54) is 11.1 Å². The Kier molecular flexibility index (Phi) is 4.70. The molecule has 27 heavy (non-hydrogen) atoms. The van der Waals surface area contributed by atoms with E-state index in [-0.39, 0.29) is 5.91 Å². The van der Waals surface area contributed by atoms with Crippen LogP contribution >= 0.6 is 0 Å². The van der Waals surface area contributed by atoms with Gasteiger partial charge < -0.3 is 4.90 Å². The third kappa shape index (κ3) is 3.60. The van der Waals surface area contributed by atoms with Gasteiger partial charge in [0.15, 0.2) is 11.6 Å². The fourth-order valence-corrected chi connectivity index (χ4v) is 3.57. The van der Waals surface area contributed by atoms with E-state index in [4.69, 9.17) is 9.83 Å². The minimum atomic E-state index is -0.566. The van der Waals surface area contributed by atoms with Gasteiger partial charge in [0.05, 0.1) is 0 Å². The second-order valence-electron chi connectivity index (χ2n) is 7.32. The molecular formula is C22H25N3O2. The number of likely N-dealkylation sites (tertiary alicyclic amines) is 1. The van der Waals surface area contributed by atoms with Gasteiger partial charge >= 0.3 is 0 Å². The number of amidine groups is 1. The van der Waals surface area contributed by atoms with Crippen LogP contribution < -0.4 is 5.48 Å². The summed E-state index contributed by atoms with van der Waals surface area (Å²) >= 11 is 0. The summed E-state index contributed by atoms with van der Waals surface area (Å²) in [5, 5.41) is 0. The van der Waals surface area contributed by atoms with Gasteiger partial charge in [-0.15, -0.1) is 0 Å². The first-order chi connectivity index (χ1) is 13.1. The van der Waals surface area contributed by atoms with Crippen molar-refractivity contribution in [1.29, 1.82) is 0 Å². The van der Waals surface area contributed by atoms with Gasteiger partial charge in [-0.1, -0.05) is 48.9 Å². The molecule has 2 aliphatic rings. The molecule has 1 saturated heterocycles. The lowest BCUT2D eigenvalue weighted by Crippen LogP contribution is -2.46. The van der Waals surface area contributed by atoms with E-state index in [1.54, 1.807) is 0 Å². The predicted octanol–water partition coefficient (Wildman–Crippen LogP) is 3.47. The molecule has 0 saturated carbocycles. The summed E-state index contributed by atoms with van der Waals surface area (Å²) in [5.74, 6) is 0.853. The van der Waals surface area contributed by atoms with Crippen molar-refractivity contribution in [1.82, 2.24) is 10.4 Å². The fourth-order valence-electron chi connectivity index (χ4n) is 3.57. The number of rotatable bonds is 3. The summed E-state index contributed by atoms with van der Waals surface area (Å²) in [7, 11) is 0. The summed E-state index contributed by atoms with van der Waals surface area (Å²) in [5.41, 5.74) is 6.65.